The highest BCUT2D eigenvalue weighted by Gasteiger charge is 2.33. The van der Waals surface area contributed by atoms with Crippen molar-refractivity contribution in [2.75, 3.05) is 5.32 Å². The van der Waals surface area contributed by atoms with Crippen LogP contribution in [0, 0.1) is 0 Å². The molecule has 2 aromatic heterocycles. The van der Waals surface area contributed by atoms with Crippen molar-refractivity contribution < 1.29 is 0 Å². The zero-order valence-corrected chi connectivity index (χ0v) is 17.1. The smallest absolute Gasteiger partial charge is 0.250 e. The van der Waals surface area contributed by atoms with E-state index in [1.807, 2.05) is 24.4 Å². The summed E-state index contributed by atoms with van der Waals surface area (Å²) in [6.45, 7) is 0. The Bertz CT molecular complexity index is 854. The van der Waals surface area contributed by atoms with Gasteiger partial charge in [0.05, 0.1) is 5.69 Å². The van der Waals surface area contributed by atoms with E-state index in [1.54, 1.807) is 23.0 Å². The van der Waals surface area contributed by atoms with Gasteiger partial charge in [0.15, 0.2) is 11.6 Å². The van der Waals surface area contributed by atoms with E-state index in [9.17, 15) is 0 Å². The van der Waals surface area contributed by atoms with Crippen molar-refractivity contribution in [3.05, 3.63) is 54.4 Å². The predicted molar refractivity (Wildman–Crippen MR) is 105 cm³/mol. The number of nitrogens with zero attached hydrogens (tertiary/aromatic N) is 5. The molecule has 0 aliphatic rings. The topological polar surface area (TPSA) is 68.5 Å². The lowest BCUT2D eigenvalue weighted by atomic mass is 10.3. The number of benzene rings is 1. The van der Waals surface area contributed by atoms with Gasteiger partial charge in [0.25, 0.3) is 0 Å². The molecular weight excluding hydrogens is 465 g/mol. The number of hydrogen-bond acceptors (Lipinski definition) is 5. The third kappa shape index (κ3) is 4.82. The van der Waals surface area contributed by atoms with Crippen molar-refractivity contribution in [3.8, 4) is 5.69 Å². The van der Waals surface area contributed by atoms with Gasteiger partial charge < -0.3 is 5.32 Å². The first kappa shape index (κ1) is 19.7. The van der Waals surface area contributed by atoms with Crippen LogP contribution in [0.15, 0.2) is 42.7 Å². The molecule has 0 fully saturated rings. The molecule has 2 heterocycles. The summed E-state index contributed by atoms with van der Waals surface area (Å²) in [4.78, 5) is 12.0. The Morgan fingerprint density at radius 2 is 1.38 bits per heavy atom. The summed E-state index contributed by atoms with van der Waals surface area (Å²) < 4.78 is -2.10. The lowest BCUT2D eigenvalue weighted by Crippen LogP contribution is -2.17. The molecule has 0 bridgehead atoms. The maximum Gasteiger partial charge on any atom is 0.250 e. The first-order valence-electron chi connectivity index (χ1n) is 6.90. The summed E-state index contributed by atoms with van der Waals surface area (Å²) in [6.07, 6.45) is 3.52. The third-order valence-electron chi connectivity index (χ3n) is 3.03. The molecule has 0 atom stereocenters. The molecule has 26 heavy (non-hydrogen) atoms. The van der Waals surface area contributed by atoms with Crippen LogP contribution >= 0.6 is 69.6 Å². The Morgan fingerprint density at radius 3 is 1.85 bits per heavy atom. The van der Waals surface area contributed by atoms with E-state index < -0.39 is 7.59 Å². The fourth-order valence-corrected chi connectivity index (χ4v) is 2.44. The fourth-order valence-electron chi connectivity index (χ4n) is 1.93. The van der Waals surface area contributed by atoms with Gasteiger partial charge in [0, 0.05) is 18.1 Å². The highest BCUT2D eigenvalue weighted by atomic mass is 35.6. The summed E-state index contributed by atoms with van der Waals surface area (Å²) in [6, 6.07) is 9.12. The van der Waals surface area contributed by atoms with Gasteiger partial charge in [-0.2, -0.15) is 15.1 Å². The standard InChI is InChI=1S/C14H8Cl6N6/c15-13(16,17)10-23-11(14(18,19)20)25-12(24-10)22-8-2-4-9(5-3-8)26-7-1-6-21-26/h1-7H,(H,22,23,24,25). The zero-order valence-electron chi connectivity index (χ0n) is 12.5. The van der Waals surface area contributed by atoms with E-state index in [-0.39, 0.29) is 17.6 Å². The van der Waals surface area contributed by atoms with Crippen LogP contribution in [0.4, 0.5) is 11.6 Å². The van der Waals surface area contributed by atoms with E-state index in [1.165, 1.54) is 0 Å². The van der Waals surface area contributed by atoms with Crippen molar-refractivity contribution in [2.24, 2.45) is 0 Å². The molecule has 0 aliphatic heterocycles. The highest BCUT2D eigenvalue weighted by Crippen LogP contribution is 2.40. The van der Waals surface area contributed by atoms with Gasteiger partial charge in [-0.1, -0.05) is 69.6 Å². The molecule has 12 heteroatoms. The number of hydrogen-bond donors (Lipinski definition) is 1. The number of anilines is 2. The van der Waals surface area contributed by atoms with Gasteiger partial charge >= 0.3 is 0 Å². The van der Waals surface area contributed by atoms with E-state index in [2.05, 4.69) is 25.4 Å². The lowest BCUT2D eigenvalue weighted by Gasteiger charge is -2.16. The van der Waals surface area contributed by atoms with Crippen molar-refractivity contribution >= 4 is 81.2 Å². The van der Waals surface area contributed by atoms with E-state index in [0.717, 1.165) is 5.69 Å². The van der Waals surface area contributed by atoms with E-state index in [4.69, 9.17) is 69.6 Å². The molecule has 0 saturated heterocycles. The number of aromatic nitrogens is 5. The molecule has 3 rings (SSSR count). The largest absolute Gasteiger partial charge is 0.324 e. The second-order valence-corrected chi connectivity index (χ2v) is 9.49. The highest BCUT2D eigenvalue weighted by molar-refractivity contribution is 6.67. The Balaban J connectivity index is 1.91. The Morgan fingerprint density at radius 1 is 0.808 bits per heavy atom. The maximum atomic E-state index is 5.84. The van der Waals surface area contributed by atoms with Crippen molar-refractivity contribution in [1.82, 2.24) is 24.7 Å². The molecule has 136 valence electrons. The minimum absolute atomic E-state index is 0.0643. The van der Waals surface area contributed by atoms with Crippen molar-refractivity contribution in [3.63, 3.8) is 0 Å². The molecule has 0 spiro atoms. The Labute approximate surface area is 178 Å². The van der Waals surface area contributed by atoms with Gasteiger partial charge in [-0.3, -0.25) is 0 Å². The summed E-state index contributed by atoms with van der Waals surface area (Å²) in [5.74, 6) is -0.279. The van der Waals surface area contributed by atoms with Crippen LogP contribution in [0.2, 0.25) is 0 Å². The van der Waals surface area contributed by atoms with Crippen LogP contribution in [-0.2, 0) is 7.59 Å². The maximum absolute atomic E-state index is 5.84. The van der Waals surface area contributed by atoms with Crippen molar-refractivity contribution in [2.45, 2.75) is 7.59 Å². The monoisotopic (exact) mass is 470 g/mol. The molecule has 0 saturated carbocycles. The van der Waals surface area contributed by atoms with Crippen LogP contribution < -0.4 is 5.32 Å². The predicted octanol–water partition coefficient (Wildman–Crippen LogP) is 5.45. The van der Waals surface area contributed by atoms with Crippen LogP contribution in [0.5, 0.6) is 0 Å². The average molecular weight is 473 g/mol. The molecule has 3 aromatic rings. The molecule has 0 radical (unpaired) electrons. The van der Waals surface area contributed by atoms with Gasteiger partial charge in [0.1, 0.15) is 0 Å². The quantitative estimate of drug-likeness (QED) is 0.513. The van der Waals surface area contributed by atoms with Gasteiger partial charge in [0.2, 0.25) is 13.5 Å². The number of nitrogens with one attached hydrogen (secondary N) is 1. The summed E-state index contributed by atoms with van der Waals surface area (Å²) in [5, 5.41) is 7.11. The lowest BCUT2D eigenvalue weighted by molar-refractivity contribution is 0.851. The van der Waals surface area contributed by atoms with Gasteiger partial charge in [-0.15, -0.1) is 0 Å². The second-order valence-electron chi connectivity index (χ2n) is 4.92. The molecule has 1 N–H and O–H groups in total. The summed E-state index contributed by atoms with van der Waals surface area (Å²) in [5.41, 5.74) is 1.54. The minimum atomic E-state index is -1.91. The zero-order chi connectivity index (χ0) is 18.9. The Kier molecular flexibility index (Phi) is 5.72. The molecule has 0 amide bonds. The molecule has 6 nitrogen and oxygen atoms in total. The fraction of sp³-hybridized carbons (Fsp3) is 0.143. The number of alkyl halides is 6. The van der Waals surface area contributed by atoms with Crippen LogP contribution in [0.3, 0.4) is 0 Å². The molecule has 1 aromatic carbocycles. The molecular formula is C14H8Cl6N6. The first-order chi connectivity index (χ1) is 12.1. The van der Waals surface area contributed by atoms with Gasteiger partial charge in [-0.25, -0.2) is 9.67 Å². The normalized spacial score (nSPS) is 12.2. The van der Waals surface area contributed by atoms with Crippen LogP contribution in [0.1, 0.15) is 11.6 Å². The second kappa shape index (κ2) is 7.54. The first-order valence-corrected chi connectivity index (χ1v) is 9.17. The molecule has 0 unspecified atom stereocenters. The van der Waals surface area contributed by atoms with Crippen molar-refractivity contribution in [1.29, 1.82) is 0 Å². The average Bonchev–Trinajstić information content (AvgIpc) is 3.08. The van der Waals surface area contributed by atoms with E-state index in [0.29, 0.717) is 5.69 Å². The van der Waals surface area contributed by atoms with Crippen LogP contribution in [-0.4, -0.2) is 24.7 Å². The SMILES string of the molecule is ClC(Cl)(Cl)c1nc(Nc2ccc(-n3cccn3)cc2)nc(C(Cl)(Cl)Cl)n1. The van der Waals surface area contributed by atoms with Gasteiger partial charge in [-0.05, 0) is 30.3 Å². The van der Waals surface area contributed by atoms with E-state index >= 15 is 0 Å². The number of rotatable bonds is 3. The number of halogens is 6. The van der Waals surface area contributed by atoms with Crippen LogP contribution in [0.25, 0.3) is 5.69 Å². The Hall–Kier alpha value is -1.02. The molecule has 0 aliphatic carbocycles. The summed E-state index contributed by atoms with van der Waals surface area (Å²) >= 11 is 35.1. The third-order valence-corrected chi connectivity index (χ3v) is 4.05. The summed E-state index contributed by atoms with van der Waals surface area (Å²) in [7, 11) is 0. The minimum Gasteiger partial charge on any atom is -0.324 e.